The van der Waals surface area contributed by atoms with Crippen molar-refractivity contribution in [3.8, 4) is 5.75 Å². The summed E-state index contributed by atoms with van der Waals surface area (Å²) < 4.78 is 7.08. The fourth-order valence-corrected chi connectivity index (χ4v) is 3.92. The van der Waals surface area contributed by atoms with Crippen molar-refractivity contribution < 1.29 is 9.53 Å². The van der Waals surface area contributed by atoms with Crippen molar-refractivity contribution in [1.29, 1.82) is 0 Å². The Morgan fingerprint density at radius 2 is 2.05 bits per heavy atom. The lowest BCUT2D eigenvalue weighted by Crippen LogP contribution is -2.52. The maximum absolute atomic E-state index is 12.7. The third-order valence-corrected chi connectivity index (χ3v) is 4.74. The van der Waals surface area contributed by atoms with E-state index in [4.69, 9.17) is 4.74 Å². The number of methoxy groups -OCH3 is 1. The number of amides is 1. The fourth-order valence-electron chi connectivity index (χ4n) is 2.55. The molecule has 0 aliphatic carbocycles. The second kappa shape index (κ2) is 7.11. The Morgan fingerprint density at radius 1 is 1.33 bits per heavy atom. The van der Waals surface area contributed by atoms with E-state index < -0.39 is 0 Å². The zero-order valence-corrected chi connectivity index (χ0v) is 15.6. The molecule has 4 nitrogen and oxygen atoms in total. The summed E-state index contributed by atoms with van der Waals surface area (Å²) in [6, 6.07) is 3.99. The Morgan fingerprint density at radius 3 is 2.67 bits per heavy atom. The van der Waals surface area contributed by atoms with Crippen LogP contribution in [0.15, 0.2) is 21.1 Å². The van der Waals surface area contributed by atoms with E-state index in [1.54, 1.807) is 7.11 Å². The zero-order chi connectivity index (χ0) is 15.6. The molecule has 0 bridgehead atoms. The largest absolute Gasteiger partial charge is 0.495 e. The van der Waals surface area contributed by atoms with Gasteiger partial charge in [-0.05, 0) is 50.8 Å². The van der Waals surface area contributed by atoms with Crippen LogP contribution in [0.1, 0.15) is 26.7 Å². The first-order chi connectivity index (χ1) is 9.93. The number of rotatable bonds is 4. The van der Waals surface area contributed by atoms with E-state index in [-0.39, 0.29) is 11.9 Å². The predicted octanol–water partition coefficient (Wildman–Crippen LogP) is 3.71. The molecule has 2 rings (SSSR count). The molecule has 1 unspecified atom stereocenters. The molecule has 6 heteroatoms. The van der Waals surface area contributed by atoms with Crippen molar-refractivity contribution in [3.63, 3.8) is 0 Å². The van der Waals surface area contributed by atoms with Gasteiger partial charge in [-0.1, -0.05) is 13.8 Å². The minimum Gasteiger partial charge on any atom is -0.495 e. The van der Waals surface area contributed by atoms with Gasteiger partial charge in [0.25, 0.3) is 0 Å². The quantitative estimate of drug-likeness (QED) is 0.808. The zero-order valence-electron chi connectivity index (χ0n) is 12.5. The van der Waals surface area contributed by atoms with E-state index in [1.807, 2.05) is 17.0 Å². The maximum Gasteiger partial charge on any atom is 0.244 e. The summed E-state index contributed by atoms with van der Waals surface area (Å²) in [6.07, 6.45) is 1.87. The van der Waals surface area contributed by atoms with Crippen molar-refractivity contribution >= 4 is 43.5 Å². The second-order valence-electron chi connectivity index (χ2n) is 5.44. The van der Waals surface area contributed by atoms with Crippen molar-refractivity contribution in [2.24, 2.45) is 0 Å². The number of benzene rings is 1. The number of nitrogens with zero attached hydrogens (tertiary/aromatic N) is 1. The fraction of sp³-hybridized carbons (Fsp3) is 0.533. The van der Waals surface area contributed by atoms with Crippen LogP contribution in [-0.2, 0) is 4.79 Å². The molecule has 1 aliphatic heterocycles. The molecule has 21 heavy (non-hydrogen) atoms. The summed E-state index contributed by atoms with van der Waals surface area (Å²) in [5, 5.41) is 3.34. The van der Waals surface area contributed by atoms with Crippen LogP contribution in [0, 0.1) is 0 Å². The molecular formula is C15H20Br2N2O2. The summed E-state index contributed by atoms with van der Waals surface area (Å²) in [7, 11) is 1.62. The van der Waals surface area contributed by atoms with E-state index in [0.29, 0.717) is 6.04 Å². The van der Waals surface area contributed by atoms with Gasteiger partial charge in [-0.3, -0.25) is 4.79 Å². The Labute approximate surface area is 142 Å². The lowest BCUT2D eigenvalue weighted by atomic mass is 10.0. The highest BCUT2D eigenvalue weighted by molar-refractivity contribution is 9.11. The minimum atomic E-state index is -0.111. The van der Waals surface area contributed by atoms with Crippen molar-refractivity contribution in [2.45, 2.75) is 38.8 Å². The summed E-state index contributed by atoms with van der Waals surface area (Å²) in [6.45, 7) is 4.86. The van der Waals surface area contributed by atoms with Gasteiger partial charge in [0.15, 0.2) is 0 Å². The number of anilines is 1. The number of piperidine rings is 1. The van der Waals surface area contributed by atoms with E-state index in [9.17, 15) is 4.79 Å². The summed E-state index contributed by atoms with van der Waals surface area (Å²) >= 11 is 7.00. The Bertz CT molecular complexity index is 535. The van der Waals surface area contributed by atoms with Gasteiger partial charge in [-0.2, -0.15) is 0 Å². The third-order valence-electron chi connectivity index (χ3n) is 3.49. The highest BCUT2D eigenvalue weighted by Gasteiger charge is 2.31. The molecule has 0 radical (unpaired) electrons. The van der Waals surface area contributed by atoms with E-state index in [2.05, 4.69) is 51.0 Å². The van der Waals surface area contributed by atoms with Gasteiger partial charge in [0.2, 0.25) is 5.91 Å². The number of hydrogen-bond donors (Lipinski definition) is 1. The Hall–Kier alpha value is -0.590. The number of carbonyl (C=O) groups is 1. The van der Waals surface area contributed by atoms with Crippen LogP contribution in [0.3, 0.4) is 0 Å². The van der Waals surface area contributed by atoms with Crippen LogP contribution in [0.4, 0.5) is 5.69 Å². The van der Waals surface area contributed by atoms with Gasteiger partial charge < -0.3 is 15.0 Å². The SMILES string of the molecule is COc1cc(N2CCCC(NC(C)C)C2=O)c(Br)cc1Br. The van der Waals surface area contributed by atoms with Gasteiger partial charge in [0.05, 0.1) is 23.3 Å². The molecule has 1 heterocycles. The average Bonchev–Trinajstić information content (AvgIpc) is 2.41. The van der Waals surface area contributed by atoms with Gasteiger partial charge in [0.1, 0.15) is 5.75 Å². The predicted molar refractivity (Wildman–Crippen MR) is 92.0 cm³/mol. The lowest BCUT2D eigenvalue weighted by molar-refractivity contribution is -0.121. The smallest absolute Gasteiger partial charge is 0.244 e. The number of hydrogen-bond acceptors (Lipinski definition) is 3. The highest BCUT2D eigenvalue weighted by Crippen LogP contribution is 2.37. The van der Waals surface area contributed by atoms with E-state index >= 15 is 0 Å². The normalized spacial score (nSPS) is 19.2. The topological polar surface area (TPSA) is 41.6 Å². The molecule has 1 N–H and O–H groups in total. The molecule has 1 aliphatic rings. The number of halogens is 2. The molecule has 1 fully saturated rings. The molecule has 116 valence electrons. The van der Waals surface area contributed by atoms with Crippen LogP contribution in [0.5, 0.6) is 5.75 Å². The van der Waals surface area contributed by atoms with Crippen molar-refractivity contribution in [3.05, 3.63) is 21.1 Å². The van der Waals surface area contributed by atoms with Crippen LogP contribution in [0.2, 0.25) is 0 Å². The third kappa shape index (κ3) is 3.79. The van der Waals surface area contributed by atoms with Crippen LogP contribution >= 0.6 is 31.9 Å². The number of nitrogens with one attached hydrogen (secondary N) is 1. The molecule has 0 aromatic heterocycles. The van der Waals surface area contributed by atoms with Crippen molar-refractivity contribution in [2.75, 3.05) is 18.6 Å². The van der Waals surface area contributed by atoms with Gasteiger partial charge in [-0.15, -0.1) is 0 Å². The van der Waals surface area contributed by atoms with Crippen LogP contribution in [0.25, 0.3) is 0 Å². The van der Waals surface area contributed by atoms with Crippen molar-refractivity contribution in [1.82, 2.24) is 5.32 Å². The Balaban J connectivity index is 2.30. The van der Waals surface area contributed by atoms with Crippen LogP contribution in [-0.4, -0.2) is 31.6 Å². The minimum absolute atomic E-state index is 0.111. The molecule has 0 spiro atoms. The summed E-state index contributed by atoms with van der Waals surface area (Å²) in [5.41, 5.74) is 0.857. The first kappa shape index (κ1) is 16.8. The van der Waals surface area contributed by atoms with Gasteiger partial charge in [0, 0.05) is 23.1 Å². The summed E-state index contributed by atoms with van der Waals surface area (Å²) in [5.74, 6) is 0.847. The monoisotopic (exact) mass is 418 g/mol. The number of carbonyl (C=O) groups excluding carboxylic acids is 1. The molecule has 1 aromatic rings. The first-order valence-electron chi connectivity index (χ1n) is 7.04. The maximum atomic E-state index is 12.7. The standard InChI is InChI=1S/C15H20Br2N2O2/c1-9(2)18-12-5-4-6-19(15(12)20)13-8-14(21-3)11(17)7-10(13)16/h7-9,12,18H,4-6H2,1-3H3. The van der Waals surface area contributed by atoms with Gasteiger partial charge in [-0.25, -0.2) is 0 Å². The molecule has 1 amide bonds. The van der Waals surface area contributed by atoms with Gasteiger partial charge >= 0.3 is 0 Å². The number of ether oxygens (including phenoxy) is 1. The first-order valence-corrected chi connectivity index (χ1v) is 8.63. The highest BCUT2D eigenvalue weighted by atomic mass is 79.9. The Kier molecular flexibility index (Phi) is 5.68. The summed E-state index contributed by atoms with van der Waals surface area (Å²) in [4.78, 5) is 14.5. The molecule has 1 saturated heterocycles. The van der Waals surface area contributed by atoms with E-state index in [0.717, 1.165) is 39.8 Å². The second-order valence-corrected chi connectivity index (χ2v) is 7.15. The van der Waals surface area contributed by atoms with Crippen LogP contribution < -0.4 is 15.0 Å². The molecular weight excluding hydrogens is 400 g/mol. The molecule has 1 aromatic carbocycles. The average molecular weight is 420 g/mol. The lowest BCUT2D eigenvalue weighted by Gasteiger charge is -2.34. The van der Waals surface area contributed by atoms with E-state index in [1.165, 1.54) is 0 Å². The molecule has 0 saturated carbocycles. The molecule has 1 atom stereocenters.